The minimum atomic E-state index is -0.324. The number of aldehydes is 1. The minimum absolute atomic E-state index is 0.0175. The van der Waals surface area contributed by atoms with E-state index in [4.69, 9.17) is 4.42 Å². The Labute approximate surface area is 141 Å². The number of hydrogen-bond acceptors (Lipinski definition) is 7. The molecule has 0 amide bonds. The molecule has 3 rings (SSSR count). The first-order valence-electron chi connectivity index (χ1n) is 6.20. The molecule has 22 heavy (non-hydrogen) atoms. The second kappa shape index (κ2) is 6.31. The van der Waals surface area contributed by atoms with Crippen LogP contribution in [0.25, 0.3) is 11.0 Å². The number of aryl methyl sites for hydroxylation is 1. The Bertz CT molecular complexity index is 920. The van der Waals surface area contributed by atoms with Gasteiger partial charge in [-0.25, -0.2) is 0 Å². The van der Waals surface area contributed by atoms with Gasteiger partial charge in [-0.15, -0.1) is 10.2 Å². The van der Waals surface area contributed by atoms with E-state index >= 15 is 0 Å². The number of halogens is 1. The van der Waals surface area contributed by atoms with Crippen molar-refractivity contribution in [1.29, 1.82) is 0 Å². The third-order valence-electron chi connectivity index (χ3n) is 2.93. The summed E-state index contributed by atoms with van der Waals surface area (Å²) in [6.45, 7) is 1.90. The third-order valence-corrected chi connectivity index (χ3v) is 5.41. The maximum atomic E-state index is 12.2. The van der Waals surface area contributed by atoms with Crippen molar-refractivity contribution in [1.82, 2.24) is 10.2 Å². The fraction of sp³-hybridized carbons (Fsp3) is 0.143. The molecule has 0 aliphatic heterocycles. The zero-order valence-corrected chi connectivity index (χ0v) is 14.5. The number of nitrogens with zero attached hydrogens (tertiary/aromatic N) is 2. The molecule has 0 N–H and O–H groups in total. The number of fused-ring (bicyclic) bond motifs is 1. The summed E-state index contributed by atoms with van der Waals surface area (Å²) in [7, 11) is 0. The zero-order chi connectivity index (χ0) is 15.7. The standard InChI is InChI=1S/C14H9BrN2O3S2/c1-7-16-17-14(22-7)21-6-8-2-10(15)3-11-12(19)9(4-18)5-20-13(8)11/h2-5H,6H2,1H3. The van der Waals surface area contributed by atoms with Crippen molar-refractivity contribution in [2.45, 2.75) is 17.0 Å². The van der Waals surface area contributed by atoms with Gasteiger partial charge in [-0.05, 0) is 19.1 Å². The first kappa shape index (κ1) is 15.4. The number of carbonyl (C=O) groups is 1. The molecule has 0 spiro atoms. The van der Waals surface area contributed by atoms with Crippen LogP contribution in [0.4, 0.5) is 0 Å². The van der Waals surface area contributed by atoms with Gasteiger partial charge in [0, 0.05) is 15.8 Å². The highest BCUT2D eigenvalue weighted by Crippen LogP contribution is 2.30. The summed E-state index contributed by atoms with van der Waals surface area (Å²) in [4.78, 5) is 23.1. The monoisotopic (exact) mass is 396 g/mol. The van der Waals surface area contributed by atoms with Crippen LogP contribution in [0.2, 0.25) is 0 Å². The predicted octanol–water partition coefficient (Wildman–Crippen LogP) is 3.82. The van der Waals surface area contributed by atoms with E-state index in [1.807, 2.05) is 13.0 Å². The zero-order valence-electron chi connectivity index (χ0n) is 11.3. The molecule has 0 fully saturated rings. The van der Waals surface area contributed by atoms with Gasteiger partial charge in [-0.1, -0.05) is 39.0 Å². The lowest BCUT2D eigenvalue weighted by molar-refractivity contribution is 0.112. The highest BCUT2D eigenvalue weighted by Gasteiger charge is 2.13. The molecule has 3 aromatic rings. The van der Waals surface area contributed by atoms with Crippen LogP contribution >= 0.6 is 39.0 Å². The van der Waals surface area contributed by atoms with Crippen molar-refractivity contribution in [3.63, 3.8) is 0 Å². The van der Waals surface area contributed by atoms with Crippen molar-refractivity contribution < 1.29 is 9.21 Å². The Morgan fingerprint density at radius 2 is 2.23 bits per heavy atom. The molecule has 0 saturated heterocycles. The first-order chi connectivity index (χ1) is 10.6. The van der Waals surface area contributed by atoms with Gasteiger partial charge in [-0.3, -0.25) is 9.59 Å². The summed E-state index contributed by atoms with van der Waals surface area (Å²) in [6.07, 6.45) is 1.71. The Morgan fingerprint density at radius 1 is 1.41 bits per heavy atom. The summed E-state index contributed by atoms with van der Waals surface area (Å²) in [5, 5.41) is 9.33. The largest absolute Gasteiger partial charge is 0.463 e. The first-order valence-corrected chi connectivity index (χ1v) is 8.80. The predicted molar refractivity (Wildman–Crippen MR) is 89.8 cm³/mol. The van der Waals surface area contributed by atoms with Gasteiger partial charge in [0.15, 0.2) is 10.6 Å². The number of aromatic nitrogens is 2. The second-order valence-corrected chi connectivity index (χ2v) is 7.78. The van der Waals surface area contributed by atoms with Crippen molar-refractivity contribution in [2.75, 3.05) is 0 Å². The molecule has 2 heterocycles. The molecule has 8 heteroatoms. The van der Waals surface area contributed by atoms with Gasteiger partial charge >= 0.3 is 0 Å². The van der Waals surface area contributed by atoms with Crippen LogP contribution in [-0.2, 0) is 5.75 Å². The Kier molecular flexibility index (Phi) is 4.42. The molecular weight excluding hydrogens is 388 g/mol. The van der Waals surface area contributed by atoms with Crippen molar-refractivity contribution in [3.05, 3.63) is 49.2 Å². The molecule has 5 nitrogen and oxygen atoms in total. The van der Waals surface area contributed by atoms with Gasteiger partial charge in [0.25, 0.3) is 0 Å². The van der Waals surface area contributed by atoms with Gasteiger partial charge in [0.1, 0.15) is 16.9 Å². The highest BCUT2D eigenvalue weighted by molar-refractivity contribution is 9.10. The fourth-order valence-electron chi connectivity index (χ4n) is 1.95. The van der Waals surface area contributed by atoms with E-state index < -0.39 is 0 Å². The summed E-state index contributed by atoms with van der Waals surface area (Å²) in [5.74, 6) is 0.591. The molecule has 0 bridgehead atoms. The number of benzene rings is 1. The van der Waals surface area contributed by atoms with Crippen molar-refractivity contribution in [3.8, 4) is 0 Å². The van der Waals surface area contributed by atoms with Crippen LogP contribution < -0.4 is 5.43 Å². The van der Waals surface area contributed by atoms with E-state index in [0.717, 1.165) is 19.4 Å². The van der Waals surface area contributed by atoms with E-state index in [1.165, 1.54) is 29.4 Å². The molecule has 0 aliphatic rings. The van der Waals surface area contributed by atoms with Gasteiger partial charge in [-0.2, -0.15) is 0 Å². The van der Waals surface area contributed by atoms with E-state index in [0.29, 0.717) is 23.0 Å². The van der Waals surface area contributed by atoms with Gasteiger partial charge in [0.05, 0.1) is 10.9 Å². The van der Waals surface area contributed by atoms with Crippen LogP contribution in [0.15, 0.2) is 36.4 Å². The molecule has 1 aromatic carbocycles. The minimum Gasteiger partial charge on any atom is -0.463 e. The number of hydrogen-bond donors (Lipinski definition) is 0. The summed E-state index contributed by atoms with van der Waals surface area (Å²) < 4.78 is 7.12. The number of thioether (sulfide) groups is 1. The Hall–Kier alpha value is -1.51. The average molecular weight is 397 g/mol. The van der Waals surface area contributed by atoms with Crippen LogP contribution in [0.3, 0.4) is 0 Å². The van der Waals surface area contributed by atoms with E-state index in [2.05, 4.69) is 26.1 Å². The average Bonchev–Trinajstić information content (AvgIpc) is 2.91. The lowest BCUT2D eigenvalue weighted by Gasteiger charge is -2.05. The topological polar surface area (TPSA) is 73.1 Å². The molecular formula is C14H9BrN2O3S2. The van der Waals surface area contributed by atoms with Crippen molar-refractivity contribution in [2.24, 2.45) is 0 Å². The van der Waals surface area contributed by atoms with Crippen LogP contribution in [0, 0.1) is 6.92 Å². The van der Waals surface area contributed by atoms with E-state index in [9.17, 15) is 9.59 Å². The maximum absolute atomic E-state index is 12.2. The van der Waals surface area contributed by atoms with Crippen LogP contribution in [-0.4, -0.2) is 16.5 Å². The van der Waals surface area contributed by atoms with E-state index in [1.54, 1.807) is 6.07 Å². The molecule has 112 valence electrons. The summed E-state index contributed by atoms with van der Waals surface area (Å²) in [5.41, 5.74) is 1.05. The van der Waals surface area contributed by atoms with Crippen LogP contribution in [0.1, 0.15) is 20.9 Å². The molecule has 0 unspecified atom stereocenters. The third kappa shape index (κ3) is 2.99. The van der Waals surface area contributed by atoms with Crippen LogP contribution in [0.5, 0.6) is 0 Å². The fourth-order valence-corrected chi connectivity index (χ4v) is 4.24. The van der Waals surface area contributed by atoms with Gasteiger partial charge < -0.3 is 4.42 Å². The molecule has 0 saturated carbocycles. The normalized spacial score (nSPS) is 11.0. The lowest BCUT2D eigenvalue weighted by Crippen LogP contribution is -2.08. The molecule has 0 aliphatic carbocycles. The number of carbonyl (C=O) groups excluding carboxylic acids is 1. The quantitative estimate of drug-likeness (QED) is 0.492. The summed E-state index contributed by atoms with van der Waals surface area (Å²) >= 11 is 6.43. The number of rotatable bonds is 4. The van der Waals surface area contributed by atoms with Gasteiger partial charge in [0.2, 0.25) is 5.43 Å². The SMILES string of the molecule is Cc1nnc(SCc2cc(Br)cc3c(=O)c(C=O)coc23)s1. The van der Waals surface area contributed by atoms with E-state index in [-0.39, 0.29) is 11.0 Å². The maximum Gasteiger partial charge on any atom is 0.203 e. The highest BCUT2D eigenvalue weighted by atomic mass is 79.9. The molecule has 2 aromatic heterocycles. The summed E-state index contributed by atoms with van der Waals surface area (Å²) in [6, 6.07) is 3.56. The molecule has 0 atom stereocenters. The van der Waals surface area contributed by atoms with Crippen molar-refractivity contribution >= 4 is 56.3 Å². The Morgan fingerprint density at radius 3 is 2.91 bits per heavy atom. The molecule has 0 radical (unpaired) electrons. The Balaban J connectivity index is 2.03. The second-order valence-electron chi connectivity index (χ2n) is 4.46. The smallest absolute Gasteiger partial charge is 0.203 e. The lowest BCUT2D eigenvalue weighted by atomic mass is 10.1.